The highest BCUT2D eigenvalue weighted by molar-refractivity contribution is 5.97. The van der Waals surface area contributed by atoms with E-state index < -0.39 is 0 Å². The normalized spacial score (nSPS) is 12.1. The molecule has 0 radical (unpaired) electrons. The Hall–Kier alpha value is -2.80. The molecule has 4 heteroatoms. The Kier molecular flexibility index (Phi) is 3.57. The van der Waals surface area contributed by atoms with Crippen molar-refractivity contribution >= 4 is 5.78 Å². The van der Waals surface area contributed by atoms with Gasteiger partial charge in [-0.1, -0.05) is 6.07 Å². The highest BCUT2D eigenvalue weighted by atomic mass is 16.5. The number of carbonyl (C=O) groups is 1. The molecule has 2 aromatic carbocycles. The van der Waals surface area contributed by atoms with Crippen LogP contribution in [-0.2, 0) is 6.42 Å². The van der Waals surface area contributed by atoms with Crippen LogP contribution in [0.1, 0.15) is 21.5 Å². The zero-order valence-electron chi connectivity index (χ0n) is 11.3. The van der Waals surface area contributed by atoms with Gasteiger partial charge in [0, 0.05) is 12.0 Å². The van der Waals surface area contributed by atoms with Crippen LogP contribution in [0.3, 0.4) is 0 Å². The summed E-state index contributed by atoms with van der Waals surface area (Å²) in [5.74, 6) is 1.29. The molecule has 21 heavy (non-hydrogen) atoms. The van der Waals surface area contributed by atoms with Crippen LogP contribution in [0.5, 0.6) is 11.5 Å². The second-order valence-electron chi connectivity index (χ2n) is 4.77. The van der Waals surface area contributed by atoms with E-state index in [9.17, 15) is 4.79 Å². The van der Waals surface area contributed by atoms with Crippen LogP contribution in [0.4, 0.5) is 0 Å². The number of hydrogen-bond donors (Lipinski definition) is 0. The quantitative estimate of drug-likeness (QED) is 0.807. The number of ether oxygens (including phenoxy) is 2. The van der Waals surface area contributed by atoms with E-state index in [4.69, 9.17) is 14.7 Å². The topological polar surface area (TPSA) is 59.3 Å². The molecule has 0 saturated heterocycles. The van der Waals surface area contributed by atoms with E-state index in [-0.39, 0.29) is 12.4 Å². The minimum atomic E-state index is -0.0907. The summed E-state index contributed by atoms with van der Waals surface area (Å²) in [5.41, 5.74) is 2.19. The van der Waals surface area contributed by atoms with Crippen LogP contribution < -0.4 is 9.47 Å². The Morgan fingerprint density at radius 3 is 3.05 bits per heavy atom. The maximum absolute atomic E-state index is 12.1. The van der Waals surface area contributed by atoms with Crippen LogP contribution in [0.15, 0.2) is 42.5 Å². The lowest BCUT2D eigenvalue weighted by molar-refractivity contribution is 0.0921. The Labute approximate surface area is 122 Å². The number of ketones is 1. The van der Waals surface area contributed by atoms with Gasteiger partial charge in [-0.25, -0.2) is 0 Å². The summed E-state index contributed by atoms with van der Waals surface area (Å²) in [6.45, 7) is 0.624. The molecule has 1 aliphatic heterocycles. The number of nitriles is 1. The van der Waals surface area contributed by atoms with E-state index in [0.717, 1.165) is 17.7 Å². The largest absolute Gasteiger partial charge is 0.493 e. The number of Topliss-reactive ketones (excluding diaryl/α,β-unsaturated/α-hetero) is 1. The summed E-state index contributed by atoms with van der Waals surface area (Å²) in [5, 5.41) is 8.82. The predicted molar refractivity (Wildman–Crippen MR) is 76.6 cm³/mol. The molecule has 0 spiro atoms. The van der Waals surface area contributed by atoms with E-state index in [1.54, 1.807) is 30.3 Å². The number of nitrogens with zero attached hydrogens (tertiary/aromatic N) is 1. The highest BCUT2D eigenvalue weighted by Gasteiger charge is 2.15. The molecule has 0 fully saturated rings. The minimum Gasteiger partial charge on any atom is -0.493 e. The zero-order chi connectivity index (χ0) is 14.7. The van der Waals surface area contributed by atoms with Crippen molar-refractivity contribution in [2.45, 2.75) is 6.42 Å². The molecule has 3 rings (SSSR count). The first kappa shape index (κ1) is 13.2. The van der Waals surface area contributed by atoms with Gasteiger partial charge >= 0.3 is 0 Å². The van der Waals surface area contributed by atoms with E-state index >= 15 is 0 Å². The SMILES string of the molecule is N#Cc1cccc(OCC(=O)c2ccc3c(c2)CCO3)c1. The number of benzene rings is 2. The molecule has 0 unspecified atom stereocenters. The molecule has 1 aliphatic rings. The molecule has 0 bridgehead atoms. The standard InChI is InChI=1S/C17H13NO3/c18-10-12-2-1-3-15(8-12)21-11-16(19)13-4-5-17-14(9-13)6-7-20-17/h1-5,8-9H,6-7,11H2. The monoisotopic (exact) mass is 279 g/mol. The van der Waals surface area contributed by atoms with Crippen LogP contribution in [0.2, 0.25) is 0 Å². The smallest absolute Gasteiger partial charge is 0.200 e. The van der Waals surface area contributed by atoms with Crippen LogP contribution in [0, 0.1) is 11.3 Å². The number of rotatable bonds is 4. The molecular formula is C17H13NO3. The van der Waals surface area contributed by atoms with Crippen molar-refractivity contribution in [2.24, 2.45) is 0 Å². The van der Waals surface area contributed by atoms with Crippen LogP contribution in [-0.4, -0.2) is 19.0 Å². The summed E-state index contributed by atoms with van der Waals surface area (Å²) in [7, 11) is 0. The second-order valence-corrected chi connectivity index (χ2v) is 4.77. The molecule has 0 N–H and O–H groups in total. The predicted octanol–water partition coefficient (Wildman–Crippen LogP) is 2.75. The number of hydrogen-bond acceptors (Lipinski definition) is 4. The molecule has 0 saturated carbocycles. The fourth-order valence-corrected chi connectivity index (χ4v) is 2.25. The van der Waals surface area contributed by atoms with Gasteiger partial charge in [0.2, 0.25) is 0 Å². The van der Waals surface area contributed by atoms with E-state index in [2.05, 4.69) is 0 Å². The van der Waals surface area contributed by atoms with Gasteiger partial charge in [0.05, 0.1) is 18.2 Å². The van der Waals surface area contributed by atoms with Gasteiger partial charge in [0.25, 0.3) is 0 Å². The molecule has 0 atom stereocenters. The zero-order valence-corrected chi connectivity index (χ0v) is 11.3. The van der Waals surface area contributed by atoms with Gasteiger partial charge < -0.3 is 9.47 Å². The van der Waals surface area contributed by atoms with Crippen molar-refractivity contribution in [1.82, 2.24) is 0 Å². The van der Waals surface area contributed by atoms with Gasteiger partial charge in [-0.3, -0.25) is 4.79 Å². The van der Waals surface area contributed by atoms with Gasteiger partial charge in [-0.15, -0.1) is 0 Å². The molecule has 0 amide bonds. The number of carbonyl (C=O) groups excluding carboxylic acids is 1. The molecule has 2 aromatic rings. The first-order valence-electron chi connectivity index (χ1n) is 6.68. The Morgan fingerprint density at radius 2 is 2.19 bits per heavy atom. The first-order chi connectivity index (χ1) is 10.3. The maximum Gasteiger partial charge on any atom is 0.200 e. The van der Waals surface area contributed by atoms with Gasteiger partial charge in [-0.05, 0) is 42.0 Å². The molecule has 1 heterocycles. The fourth-order valence-electron chi connectivity index (χ4n) is 2.25. The summed E-state index contributed by atoms with van der Waals surface area (Å²) < 4.78 is 10.9. The van der Waals surface area contributed by atoms with Gasteiger partial charge in [-0.2, -0.15) is 5.26 Å². The van der Waals surface area contributed by atoms with Crippen LogP contribution >= 0.6 is 0 Å². The lowest BCUT2D eigenvalue weighted by Gasteiger charge is -2.07. The molecule has 4 nitrogen and oxygen atoms in total. The van der Waals surface area contributed by atoms with Crippen molar-refractivity contribution in [3.8, 4) is 17.6 Å². The summed E-state index contributed by atoms with van der Waals surface area (Å²) in [4.78, 5) is 12.1. The summed E-state index contributed by atoms with van der Waals surface area (Å²) >= 11 is 0. The Bertz CT molecular complexity index is 731. The van der Waals surface area contributed by atoms with Crippen LogP contribution in [0.25, 0.3) is 0 Å². The lowest BCUT2D eigenvalue weighted by atomic mass is 10.1. The summed E-state index contributed by atoms with van der Waals surface area (Å²) in [6, 6.07) is 14.2. The van der Waals surface area contributed by atoms with E-state index in [0.29, 0.717) is 23.5 Å². The van der Waals surface area contributed by atoms with E-state index in [1.807, 2.05) is 18.2 Å². The minimum absolute atomic E-state index is 0.0471. The first-order valence-corrected chi connectivity index (χ1v) is 6.68. The summed E-state index contributed by atoms with van der Waals surface area (Å²) in [6.07, 6.45) is 0.835. The average molecular weight is 279 g/mol. The van der Waals surface area contributed by atoms with Crippen molar-refractivity contribution < 1.29 is 14.3 Å². The highest BCUT2D eigenvalue weighted by Crippen LogP contribution is 2.26. The van der Waals surface area contributed by atoms with Crippen molar-refractivity contribution in [3.05, 3.63) is 59.2 Å². The molecule has 0 aromatic heterocycles. The number of fused-ring (bicyclic) bond motifs is 1. The maximum atomic E-state index is 12.1. The van der Waals surface area contributed by atoms with E-state index in [1.165, 1.54) is 0 Å². The Morgan fingerprint density at radius 1 is 1.29 bits per heavy atom. The van der Waals surface area contributed by atoms with Gasteiger partial charge in [0.15, 0.2) is 12.4 Å². The van der Waals surface area contributed by atoms with Crippen molar-refractivity contribution in [1.29, 1.82) is 5.26 Å². The Balaban J connectivity index is 1.68. The molecule has 104 valence electrons. The lowest BCUT2D eigenvalue weighted by Crippen LogP contribution is -2.11. The third-order valence-corrected chi connectivity index (χ3v) is 3.34. The second kappa shape index (κ2) is 5.68. The third-order valence-electron chi connectivity index (χ3n) is 3.34. The third kappa shape index (κ3) is 2.87. The van der Waals surface area contributed by atoms with Crippen molar-refractivity contribution in [2.75, 3.05) is 13.2 Å². The fraction of sp³-hybridized carbons (Fsp3) is 0.176. The molecule has 0 aliphatic carbocycles. The average Bonchev–Trinajstić information content (AvgIpc) is 3.00. The van der Waals surface area contributed by atoms with Gasteiger partial charge in [0.1, 0.15) is 11.5 Å². The van der Waals surface area contributed by atoms with Crippen molar-refractivity contribution in [3.63, 3.8) is 0 Å². The molecular weight excluding hydrogens is 266 g/mol.